The number of alkyl halides is 1. The number of hydrogen-bond acceptors (Lipinski definition) is 3. The van der Waals surface area contributed by atoms with E-state index in [1.54, 1.807) is 13.8 Å². The Morgan fingerprint density at radius 3 is 2.60 bits per heavy atom. The highest BCUT2D eigenvalue weighted by Crippen LogP contribution is 2.27. The minimum Gasteiger partial charge on any atom is -0.308 e. The molecule has 4 nitrogen and oxygen atoms in total. The summed E-state index contributed by atoms with van der Waals surface area (Å²) in [6, 6.07) is 0. The first-order chi connectivity index (χ1) is 6.82. The molecule has 0 atom stereocenters. The van der Waals surface area contributed by atoms with Gasteiger partial charge in [-0.15, -0.1) is 0 Å². The van der Waals surface area contributed by atoms with Crippen LogP contribution >= 0.6 is 39.1 Å². The van der Waals surface area contributed by atoms with Crippen LogP contribution < -0.4 is 5.32 Å². The second kappa shape index (κ2) is 4.63. The van der Waals surface area contributed by atoms with Crippen molar-refractivity contribution < 1.29 is 4.79 Å². The number of halogens is 3. The minimum absolute atomic E-state index is 0.106. The molecule has 1 heterocycles. The molecule has 0 fully saturated rings. The van der Waals surface area contributed by atoms with Gasteiger partial charge in [0.15, 0.2) is 11.0 Å². The smallest absolute Gasteiger partial charge is 0.241 e. The fourth-order valence-electron chi connectivity index (χ4n) is 0.692. The third kappa shape index (κ3) is 3.29. The summed E-state index contributed by atoms with van der Waals surface area (Å²) < 4.78 is -0.701. The summed E-state index contributed by atoms with van der Waals surface area (Å²) >= 11 is 14.7. The molecule has 15 heavy (non-hydrogen) atoms. The highest BCUT2D eigenvalue weighted by atomic mass is 79.9. The van der Waals surface area contributed by atoms with Crippen LogP contribution in [0, 0.1) is 0 Å². The Morgan fingerprint density at radius 2 is 2.07 bits per heavy atom. The lowest BCUT2D eigenvalue weighted by molar-refractivity contribution is -0.117. The van der Waals surface area contributed by atoms with Crippen LogP contribution in [0.15, 0.2) is 6.33 Å². The van der Waals surface area contributed by atoms with E-state index in [2.05, 4.69) is 31.2 Å². The van der Waals surface area contributed by atoms with E-state index in [1.165, 1.54) is 6.33 Å². The number of hydrogen-bond donors (Lipinski definition) is 1. The van der Waals surface area contributed by atoms with E-state index in [4.69, 9.17) is 23.2 Å². The molecule has 1 aromatic heterocycles. The van der Waals surface area contributed by atoms with Crippen molar-refractivity contribution in [1.29, 1.82) is 0 Å². The van der Waals surface area contributed by atoms with Crippen LogP contribution in [0.4, 0.5) is 5.82 Å². The summed E-state index contributed by atoms with van der Waals surface area (Å²) in [6.07, 6.45) is 1.23. The van der Waals surface area contributed by atoms with Crippen molar-refractivity contribution in [3.63, 3.8) is 0 Å². The molecule has 1 aromatic rings. The molecule has 7 heteroatoms. The van der Waals surface area contributed by atoms with Crippen molar-refractivity contribution in [2.45, 2.75) is 18.2 Å². The Kier molecular flexibility index (Phi) is 3.92. The van der Waals surface area contributed by atoms with E-state index in [0.717, 1.165) is 0 Å². The lowest BCUT2D eigenvalue weighted by Gasteiger charge is -2.15. The SMILES string of the molecule is CC(C)(Br)C(=O)Nc1ncnc(Cl)c1Cl. The molecule has 0 unspecified atom stereocenters. The fourth-order valence-corrected chi connectivity index (χ4v) is 1.07. The van der Waals surface area contributed by atoms with Gasteiger partial charge in [0.2, 0.25) is 5.91 Å². The highest BCUT2D eigenvalue weighted by Gasteiger charge is 2.25. The molecule has 0 spiro atoms. The molecule has 0 aliphatic carbocycles. The number of carbonyl (C=O) groups is 1. The van der Waals surface area contributed by atoms with Gasteiger partial charge in [0, 0.05) is 0 Å². The molecule has 0 saturated carbocycles. The number of carbonyl (C=O) groups excluding carboxylic acids is 1. The number of anilines is 1. The first-order valence-corrected chi connectivity index (χ1v) is 5.53. The second-order valence-electron chi connectivity index (χ2n) is 3.25. The topological polar surface area (TPSA) is 54.9 Å². The molecular weight excluding hydrogens is 305 g/mol. The van der Waals surface area contributed by atoms with Crippen LogP contribution in [0.1, 0.15) is 13.8 Å². The standard InChI is InChI=1S/C8H8BrCl2N3O/c1-8(2,9)7(15)14-6-4(10)5(11)12-3-13-6/h3H,1-2H3,(H,12,13,14,15). The Balaban J connectivity index is 2.91. The summed E-state index contributed by atoms with van der Waals surface area (Å²) in [4.78, 5) is 19.1. The van der Waals surface area contributed by atoms with Crippen LogP contribution in [0.2, 0.25) is 10.2 Å². The average molecular weight is 313 g/mol. The predicted molar refractivity (Wildman–Crippen MR) is 63.7 cm³/mol. The van der Waals surface area contributed by atoms with Gasteiger partial charge in [-0.05, 0) is 13.8 Å². The Bertz CT molecular complexity index is 392. The van der Waals surface area contributed by atoms with Crippen molar-refractivity contribution in [3.05, 3.63) is 16.5 Å². The van der Waals surface area contributed by atoms with Crippen molar-refractivity contribution >= 4 is 50.9 Å². The molecule has 1 N–H and O–H groups in total. The number of nitrogens with one attached hydrogen (secondary N) is 1. The first-order valence-electron chi connectivity index (χ1n) is 3.98. The van der Waals surface area contributed by atoms with E-state index in [9.17, 15) is 4.79 Å². The van der Waals surface area contributed by atoms with E-state index >= 15 is 0 Å². The van der Waals surface area contributed by atoms with Gasteiger partial charge in [-0.25, -0.2) is 9.97 Å². The van der Waals surface area contributed by atoms with Gasteiger partial charge in [0.1, 0.15) is 11.3 Å². The van der Waals surface area contributed by atoms with Gasteiger partial charge in [-0.2, -0.15) is 0 Å². The highest BCUT2D eigenvalue weighted by molar-refractivity contribution is 9.10. The van der Waals surface area contributed by atoms with Gasteiger partial charge < -0.3 is 5.32 Å². The van der Waals surface area contributed by atoms with Crippen LogP contribution in [0.5, 0.6) is 0 Å². The Hall–Kier alpha value is -0.390. The molecule has 0 aromatic carbocycles. The van der Waals surface area contributed by atoms with Gasteiger partial charge >= 0.3 is 0 Å². The zero-order valence-corrected chi connectivity index (χ0v) is 11.1. The van der Waals surface area contributed by atoms with E-state index in [1.807, 2.05) is 0 Å². The van der Waals surface area contributed by atoms with Crippen LogP contribution in [-0.2, 0) is 4.79 Å². The second-order valence-corrected chi connectivity index (χ2v) is 5.97. The molecule has 0 radical (unpaired) electrons. The molecular formula is C8H8BrCl2N3O. The zero-order chi connectivity index (χ0) is 11.6. The number of amides is 1. The average Bonchev–Trinajstić information content (AvgIpc) is 2.11. The summed E-state index contributed by atoms with van der Waals surface area (Å²) in [7, 11) is 0. The number of aromatic nitrogens is 2. The monoisotopic (exact) mass is 311 g/mol. The lowest BCUT2D eigenvalue weighted by atomic mass is 10.2. The van der Waals surface area contributed by atoms with Crippen molar-refractivity contribution in [3.8, 4) is 0 Å². The maximum Gasteiger partial charge on any atom is 0.241 e. The predicted octanol–water partition coefficient (Wildman–Crippen LogP) is 2.90. The van der Waals surface area contributed by atoms with Crippen molar-refractivity contribution in [1.82, 2.24) is 9.97 Å². The molecule has 1 amide bonds. The zero-order valence-electron chi connectivity index (χ0n) is 8.01. The molecule has 0 saturated heterocycles. The van der Waals surface area contributed by atoms with Crippen LogP contribution in [0.25, 0.3) is 0 Å². The van der Waals surface area contributed by atoms with Gasteiger partial charge in [0.05, 0.1) is 4.32 Å². The van der Waals surface area contributed by atoms with Crippen molar-refractivity contribution in [2.75, 3.05) is 5.32 Å². The number of nitrogens with zero attached hydrogens (tertiary/aromatic N) is 2. The third-order valence-corrected chi connectivity index (χ3v) is 2.62. The van der Waals surface area contributed by atoms with E-state index in [0.29, 0.717) is 0 Å². The lowest BCUT2D eigenvalue weighted by Crippen LogP contribution is -2.31. The fraction of sp³-hybridized carbons (Fsp3) is 0.375. The van der Waals surface area contributed by atoms with E-state index in [-0.39, 0.29) is 21.9 Å². The van der Waals surface area contributed by atoms with Gasteiger partial charge in [-0.3, -0.25) is 4.79 Å². The van der Waals surface area contributed by atoms with Crippen LogP contribution in [0.3, 0.4) is 0 Å². The summed E-state index contributed by atoms with van der Waals surface area (Å²) in [5.74, 6) is -0.0617. The summed E-state index contributed by atoms with van der Waals surface area (Å²) in [5, 5.41) is 2.77. The molecule has 1 rings (SSSR count). The summed E-state index contributed by atoms with van der Waals surface area (Å²) in [6.45, 7) is 3.41. The first kappa shape index (κ1) is 12.7. The maximum atomic E-state index is 11.6. The molecule has 82 valence electrons. The maximum absolute atomic E-state index is 11.6. The molecule has 0 bridgehead atoms. The van der Waals surface area contributed by atoms with Crippen LogP contribution in [-0.4, -0.2) is 20.2 Å². The molecule has 0 aliphatic rings. The summed E-state index contributed by atoms with van der Waals surface area (Å²) in [5.41, 5.74) is 0. The Labute approximate surface area is 106 Å². The number of rotatable bonds is 2. The third-order valence-electron chi connectivity index (χ3n) is 1.52. The normalized spacial score (nSPS) is 11.3. The van der Waals surface area contributed by atoms with Crippen molar-refractivity contribution in [2.24, 2.45) is 0 Å². The largest absolute Gasteiger partial charge is 0.308 e. The minimum atomic E-state index is -0.701. The van der Waals surface area contributed by atoms with E-state index < -0.39 is 4.32 Å². The Morgan fingerprint density at radius 1 is 1.47 bits per heavy atom. The molecule has 0 aliphatic heterocycles. The quantitative estimate of drug-likeness (QED) is 0.675. The van der Waals surface area contributed by atoms with Gasteiger partial charge in [-0.1, -0.05) is 39.1 Å². The van der Waals surface area contributed by atoms with Gasteiger partial charge in [0.25, 0.3) is 0 Å².